The van der Waals surface area contributed by atoms with Gasteiger partial charge in [-0.1, -0.05) is 12.2 Å². The summed E-state index contributed by atoms with van der Waals surface area (Å²) in [5, 5.41) is 2.49. The Morgan fingerprint density at radius 2 is 2.48 bits per heavy atom. The Labute approximate surface area is 127 Å². The first-order valence-electron chi connectivity index (χ1n) is 6.62. The van der Waals surface area contributed by atoms with Crippen LogP contribution in [0, 0.1) is 12.3 Å². The molecule has 1 amide bonds. The number of carbonyl (C=O) groups excluding carboxylic acids is 1. The predicted molar refractivity (Wildman–Crippen MR) is 81.0 cm³/mol. The molecule has 1 aromatic heterocycles. The lowest BCUT2D eigenvalue weighted by molar-refractivity contribution is -0.198. The van der Waals surface area contributed by atoms with Crippen LogP contribution in [0.15, 0.2) is 23.6 Å². The highest BCUT2D eigenvalue weighted by molar-refractivity contribution is 7.10. The molecule has 1 unspecified atom stereocenters. The molecule has 0 aromatic carbocycles. The summed E-state index contributed by atoms with van der Waals surface area (Å²) in [7, 11) is 0. The van der Waals surface area contributed by atoms with Crippen molar-refractivity contribution in [3.05, 3.63) is 34.3 Å². The Hall–Kier alpha value is -1.94. The fraction of sp³-hybridized carbons (Fsp3) is 0.333. The second-order valence-electron chi connectivity index (χ2n) is 4.32. The molecule has 21 heavy (non-hydrogen) atoms. The van der Waals surface area contributed by atoms with Crippen molar-refractivity contribution in [1.82, 2.24) is 10.5 Å². The predicted octanol–water partition coefficient (Wildman–Crippen LogP) is 2.27. The number of hydrogen-bond donors (Lipinski definition) is 1. The molecule has 6 heteroatoms. The molecule has 0 radical (unpaired) electrons. The molecule has 1 aliphatic rings. The zero-order valence-corrected chi connectivity index (χ0v) is 12.3. The smallest absolute Gasteiger partial charge is 0.267 e. The lowest BCUT2D eigenvalue weighted by Gasteiger charge is -2.21. The largest absolute Gasteiger partial charge is 0.350 e. The van der Waals surface area contributed by atoms with Crippen molar-refractivity contribution in [2.45, 2.75) is 25.6 Å². The maximum Gasteiger partial charge on any atom is 0.267 e. The Morgan fingerprint density at radius 1 is 1.57 bits per heavy atom. The van der Waals surface area contributed by atoms with Gasteiger partial charge in [0.1, 0.15) is 0 Å². The van der Waals surface area contributed by atoms with Gasteiger partial charge in [0, 0.05) is 24.5 Å². The van der Waals surface area contributed by atoms with Gasteiger partial charge in [0.05, 0.1) is 5.69 Å². The lowest BCUT2D eigenvalue weighted by atomic mass is 10.2. The number of aromatic nitrogens is 1. The van der Waals surface area contributed by atoms with Crippen LogP contribution in [0.2, 0.25) is 0 Å². The number of nitrogens with zero attached hydrogens (tertiary/aromatic N) is 1. The molecule has 1 saturated heterocycles. The monoisotopic (exact) mass is 304 g/mol. The highest BCUT2D eigenvalue weighted by Crippen LogP contribution is 2.12. The summed E-state index contributed by atoms with van der Waals surface area (Å²) >= 11 is 1.40. The van der Waals surface area contributed by atoms with Crippen molar-refractivity contribution >= 4 is 23.3 Å². The summed E-state index contributed by atoms with van der Waals surface area (Å²) in [4.78, 5) is 20.8. The minimum atomic E-state index is -0.344. The van der Waals surface area contributed by atoms with E-state index >= 15 is 0 Å². The van der Waals surface area contributed by atoms with E-state index in [9.17, 15) is 4.79 Å². The van der Waals surface area contributed by atoms with E-state index in [2.05, 4.69) is 16.4 Å². The number of thiazole rings is 1. The van der Waals surface area contributed by atoms with E-state index in [0.29, 0.717) is 11.6 Å². The molecule has 2 rings (SSSR count). The third kappa shape index (κ3) is 5.52. The summed E-state index contributed by atoms with van der Waals surface area (Å²) in [5.74, 6) is 2.13. The van der Waals surface area contributed by atoms with Gasteiger partial charge in [-0.05, 0) is 24.8 Å². The van der Waals surface area contributed by atoms with Crippen LogP contribution in [0.25, 0.3) is 6.08 Å². The molecule has 1 atom stereocenters. The second kappa shape index (κ2) is 8.37. The normalized spacial score (nSPS) is 18.9. The Morgan fingerprint density at radius 3 is 3.19 bits per heavy atom. The average Bonchev–Trinajstić information content (AvgIpc) is 2.98. The van der Waals surface area contributed by atoms with Crippen LogP contribution in [-0.4, -0.2) is 23.8 Å². The zero-order chi connectivity index (χ0) is 14.9. The van der Waals surface area contributed by atoms with Crippen molar-refractivity contribution in [2.24, 2.45) is 0 Å². The minimum Gasteiger partial charge on any atom is -0.350 e. The highest BCUT2D eigenvalue weighted by Gasteiger charge is 2.14. The number of amides is 1. The standard InChI is InChI=1S/C15H16N2O3S/c1-2-14-16-12(11-21-14)7-3-4-8-13(18)17-20-15-9-5-6-10-19-15/h1,3-4,7-8,11,15H,5-6,9-10H2,(H,17,18)/b7-3+,8-4+. The van der Waals surface area contributed by atoms with E-state index in [1.807, 2.05) is 5.38 Å². The molecule has 110 valence electrons. The molecular weight excluding hydrogens is 288 g/mol. The van der Waals surface area contributed by atoms with E-state index in [0.717, 1.165) is 25.0 Å². The number of nitrogens with one attached hydrogen (secondary N) is 1. The van der Waals surface area contributed by atoms with E-state index < -0.39 is 0 Å². The third-order valence-corrected chi connectivity index (χ3v) is 3.49. The van der Waals surface area contributed by atoms with Crippen LogP contribution >= 0.6 is 11.3 Å². The van der Waals surface area contributed by atoms with E-state index in [4.69, 9.17) is 16.0 Å². The maximum absolute atomic E-state index is 11.5. The van der Waals surface area contributed by atoms with Crippen LogP contribution in [0.4, 0.5) is 0 Å². The molecule has 0 bridgehead atoms. The van der Waals surface area contributed by atoms with Gasteiger partial charge in [0.2, 0.25) is 0 Å². The van der Waals surface area contributed by atoms with E-state index in [1.165, 1.54) is 17.4 Å². The topological polar surface area (TPSA) is 60.5 Å². The summed E-state index contributed by atoms with van der Waals surface area (Å²) in [6.07, 6.45) is 14.2. The fourth-order valence-corrected chi connectivity index (χ4v) is 2.28. The number of hydroxylamine groups is 1. The van der Waals surface area contributed by atoms with Gasteiger partial charge in [-0.25, -0.2) is 15.3 Å². The minimum absolute atomic E-state index is 0.337. The Kier molecular flexibility index (Phi) is 6.16. The molecule has 1 fully saturated rings. The highest BCUT2D eigenvalue weighted by atomic mass is 32.1. The number of hydrogen-bond acceptors (Lipinski definition) is 5. The molecule has 1 aliphatic heterocycles. The summed E-state index contributed by atoms with van der Waals surface area (Å²) < 4.78 is 5.33. The maximum atomic E-state index is 11.5. The molecule has 0 spiro atoms. The number of allylic oxidation sites excluding steroid dienone is 2. The van der Waals surface area contributed by atoms with Crippen LogP contribution in [-0.2, 0) is 14.4 Å². The van der Waals surface area contributed by atoms with Gasteiger partial charge in [-0.15, -0.1) is 17.8 Å². The molecule has 1 N–H and O–H groups in total. The molecule has 0 saturated carbocycles. The zero-order valence-electron chi connectivity index (χ0n) is 11.5. The van der Waals surface area contributed by atoms with Crippen LogP contribution in [0.1, 0.15) is 30.0 Å². The first-order chi connectivity index (χ1) is 10.3. The van der Waals surface area contributed by atoms with Crippen LogP contribution < -0.4 is 5.48 Å². The fourth-order valence-electron chi connectivity index (χ4n) is 1.69. The van der Waals surface area contributed by atoms with E-state index in [-0.39, 0.29) is 12.2 Å². The number of terminal acetylenes is 1. The van der Waals surface area contributed by atoms with Gasteiger partial charge in [-0.3, -0.25) is 4.79 Å². The summed E-state index contributed by atoms with van der Waals surface area (Å²) in [5.41, 5.74) is 3.11. The number of rotatable bonds is 5. The van der Waals surface area contributed by atoms with Gasteiger partial charge in [-0.2, -0.15) is 0 Å². The molecule has 1 aromatic rings. The van der Waals surface area contributed by atoms with Gasteiger partial charge in [0.25, 0.3) is 5.91 Å². The van der Waals surface area contributed by atoms with Crippen LogP contribution in [0.3, 0.4) is 0 Å². The van der Waals surface area contributed by atoms with Gasteiger partial charge in [0.15, 0.2) is 11.3 Å². The average molecular weight is 304 g/mol. The lowest BCUT2D eigenvalue weighted by Crippen LogP contribution is -2.32. The van der Waals surface area contributed by atoms with E-state index in [1.54, 1.807) is 18.2 Å². The van der Waals surface area contributed by atoms with Gasteiger partial charge < -0.3 is 4.74 Å². The summed E-state index contributed by atoms with van der Waals surface area (Å²) in [6, 6.07) is 0. The first kappa shape index (κ1) is 15.4. The Balaban J connectivity index is 1.70. The van der Waals surface area contributed by atoms with Crippen molar-refractivity contribution in [2.75, 3.05) is 6.61 Å². The third-order valence-electron chi connectivity index (χ3n) is 2.70. The van der Waals surface area contributed by atoms with Crippen LogP contribution in [0.5, 0.6) is 0 Å². The van der Waals surface area contributed by atoms with Gasteiger partial charge >= 0.3 is 0 Å². The second-order valence-corrected chi connectivity index (χ2v) is 5.18. The number of ether oxygens (including phenoxy) is 1. The summed E-state index contributed by atoms with van der Waals surface area (Å²) in [6.45, 7) is 0.673. The van der Waals surface area contributed by atoms with Crippen molar-refractivity contribution in [1.29, 1.82) is 0 Å². The SMILES string of the molecule is C#Cc1nc(/C=C/C=C/C(=O)NOC2CCCCO2)cs1. The molecule has 2 heterocycles. The number of carbonyl (C=O) groups is 1. The van der Waals surface area contributed by atoms with Crippen molar-refractivity contribution < 1.29 is 14.4 Å². The quantitative estimate of drug-likeness (QED) is 0.392. The molecule has 5 nitrogen and oxygen atoms in total. The van der Waals surface area contributed by atoms with Crippen molar-refractivity contribution in [3.8, 4) is 12.3 Å². The van der Waals surface area contributed by atoms with Crippen molar-refractivity contribution in [3.63, 3.8) is 0 Å². The molecule has 0 aliphatic carbocycles. The molecular formula is C15H16N2O3S. The first-order valence-corrected chi connectivity index (χ1v) is 7.50. The Bertz CT molecular complexity index is 566.